The van der Waals surface area contributed by atoms with Gasteiger partial charge in [0.2, 0.25) is 5.78 Å². The summed E-state index contributed by atoms with van der Waals surface area (Å²) in [6, 6.07) is 15.7. The first-order valence-corrected chi connectivity index (χ1v) is 10.7. The number of hydrogen-bond acceptors (Lipinski definition) is 8. The Labute approximate surface area is 202 Å². The van der Waals surface area contributed by atoms with Gasteiger partial charge in [-0.3, -0.25) is 19.9 Å². The number of carbonyl (C=O) groups is 3. The molecule has 178 valence electrons. The molecule has 0 fully saturated rings. The number of rotatable bonds is 5. The molecule has 3 heterocycles. The normalized spacial score (nSPS) is 11.1. The molecule has 36 heavy (non-hydrogen) atoms. The van der Waals surface area contributed by atoms with E-state index in [0.717, 1.165) is 12.5 Å². The molecular formula is C26H17N3O7. The Kier molecular flexibility index (Phi) is 5.40. The predicted molar refractivity (Wildman–Crippen MR) is 129 cm³/mol. The van der Waals surface area contributed by atoms with Crippen molar-refractivity contribution in [2.45, 2.75) is 0 Å². The second-order valence-electron chi connectivity index (χ2n) is 7.85. The van der Waals surface area contributed by atoms with Crippen molar-refractivity contribution in [3.63, 3.8) is 0 Å². The van der Waals surface area contributed by atoms with Gasteiger partial charge in [0, 0.05) is 34.7 Å². The lowest BCUT2D eigenvalue weighted by atomic mass is 10.0. The average molecular weight is 483 g/mol. The van der Waals surface area contributed by atoms with Gasteiger partial charge in [-0.25, -0.2) is 9.59 Å². The van der Waals surface area contributed by atoms with E-state index in [-0.39, 0.29) is 33.6 Å². The van der Waals surface area contributed by atoms with Crippen molar-refractivity contribution in [1.82, 2.24) is 9.38 Å². The fourth-order valence-electron chi connectivity index (χ4n) is 4.36. The zero-order valence-electron chi connectivity index (χ0n) is 19.1. The second-order valence-corrected chi connectivity index (χ2v) is 7.85. The zero-order valence-corrected chi connectivity index (χ0v) is 19.1. The lowest BCUT2D eigenvalue weighted by Crippen LogP contribution is -2.15. The molecular weight excluding hydrogens is 466 g/mol. The summed E-state index contributed by atoms with van der Waals surface area (Å²) in [5, 5.41) is 12.6. The Morgan fingerprint density at radius 2 is 1.50 bits per heavy atom. The number of aromatic nitrogens is 2. The largest absolute Gasteiger partial charge is 0.465 e. The Morgan fingerprint density at radius 1 is 0.861 bits per heavy atom. The number of hydrogen-bond donors (Lipinski definition) is 0. The maximum atomic E-state index is 13.9. The molecule has 0 N–H and O–H groups in total. The van der Waals surface area contributed by atoms with Crippen molar-refractivity contribution in [3.8, 4) is 0 Å². The van der Waals surface area contributed by atoms with Crippen LogP contribution < -0.4 is 0 Å². The summed E-state index contributed by atoms with van der Waals surface area (Å²) in [7, 11) is 2.31. The lowest BCUT2D eigenvalue weighted by Gasteiger charge is -2.10. The van der Waals surface area contributed by atoms with Crippen LogP contribution in [0, 0.1) is 10.1 Å². The maximum Gasteiger partial charge on any atom is 0.341 e. The van der Waals surface area contributed by atoms with Crippen LogP contribution >= 0.6 is 0 Å². The van der Waals surface area contributed by atoms with Gasteiger partial charge in [0.25, 0.3) is 5.69 Å². The highest BCUT2D eigenvalue weighted by Gasteiger charge is 2.34. The molecule has 10 heteroatoms. The summed E-state index contributed by atoms with van der Waals surface area (Å²) in [4.78, 5) is 54.9. The molecule has 5 rings (SSSR count). The Morgan fingerprint density at radius 3 is 2.17 bits per heavy atom. The standard InChI is InChI=1S/C26H17N3O7/c1-35-25(31)19-18-12-9-15-6-5-14-4-3-13-27-21(14)22(15)28(18)23(20(19)26(32)36-2)24(30)16-7-10-17(11-8-16)29(33)34/h3-13H,1-2H3. The van der Waals surface area contributed by atoms with Gasteiger partial charge in [-0.2, -0.15) is 0 Å². The van der Waals surface area contributed by atoms with E-state index in [2.05, 4.69) is 4.98 Å². The number of methoxy groups -OCH3 is 2. The molecule has 0 aliphatic heterocycles. The predicted octanol–water partition coefficient (Wildman–Crippen LogP) is 4.35. The molecule has 0 bridgehead atoms. The molecule has 0 amide bonds. The third-order valence-corrected chi connectivity index (χ3v) is 5.97. The van der Waals surface area contributed by atoms with Gasteiger partial charge in [0.1, 0.15) is 16.8 Å². The monoisotopic (exact) mass is 483 g/mol. The molecule has 0 aliphatic carbocycles. The quantitative estimate of drug-likeness (QED) is 0.119. The average Bonchev–Trinajstić information content (AvgIpc) is 3.26. The summed E-state index contributed by atoms with van der Waals surface area (Å²) in [5.74, 6) is -2.38. The summed E-state index contributed by atoms with van der Waals surface area (Å²) in [5.41, 5.74) is 0.616. The topological polar surface area (TPSA) is 130 Å². The van der Waals surface area contributed by atoms with Gasteiger partial charge in [-0.15, -0.1) is 0 Å². The minimum Gasteiger partial charge on any atom is -0.465 e. The molecule has 0 aliphatic rings. The van der Waals surface area contributed by atoms with Crippen LogP contribution in [0.25, 0.3) is 27.3 Å². The van der Waals surface area contributed by atoms with E-state index >= 15 is 0 Å². The van der Waals surface area contributed by atoms with Crippen LogP contribution in [-0.4, -0.2) is 46.2 Å². The van der Waals surface area contributed by atoms with Crippen molar-refractivity contribution in [1.29, 1.82) is 0 Å². The van der Waals surface area contributed by atoms with Crippen LogP contribution in [0.2, 0.25) is 0 Å². The first kappa shape index (κ1) is 22.7. The Balaban J connectivity index is 1.98. The molecule has 2 aromatic carbocycles. The molecule has 0 saturated heterocycles. The molecule has 10 nitrogen and oxygen atoms in total. The van der Waals surface area contributed by atoms with E-state index in [1.54, 1.807) is 24.4 Å². The van der Waals surface area contributed by atoms with Crippen LogP contribution in [0.5, 0.6) is 0 Å². The molecule has 0 unspecified atom stereocenters. The van der Waals surface area contributed by atoms with Crippen LogP contribution in [0.3, 0.4) is 0 Å². The highest BCUT2D eigenvalue weighted by molar-refractivity contribution is 6.21. The zero-order chi connectivity index (χ0) is 25.6. The number of nitrogens with zero attached hydrogens (tertiary/aromatic N) is 3. The molecule has 0 spiro atoms. The Bertz CT molecular complexity index is 1740. The van der Waals surface area contributed by atoms with Gasteiger partial charge in [0.05, 0.1) is 35.7 Å². The minimum absolute atomic E-state index is 0.0757. The minimum atomic E-state index is -0.911. The maximum absolute atomic E-state index is 13.9. The number of benzene rings is 2. The van der Waals surface area contributed by atoms with Crippen molar-refractivity contribution < 1.29 is 28.8 Å². The van der Waals surface area contributed by atoms with Gasteiger partial charge in [-0.1, -0.05) is 24.3 Å². The molecule has 0 radical (unpaired) electrons. The van der Waals surface area contributed by atoms with Crippen molar-refractivity contribution in [2.75, 3.05) is 14.2 Å². The molecule has 5 aromatic rings. The number of non-ortho nitro benzene ring substituents is 1. The number of carbonyl (C=O) groups excluding carboxylic acids is 3. The van der Waals surface area contributed by atoms with Crippen molar-refractivity contribution in [3.05, 3.63) is 99.4 Å². The first-order valence-electron chi connectivity index (χ1n) is 10.7. The van der Waals surface area contributed by atoms with Crippen LogP contribution in [-0.2, 0) is 9.47 Å². The number of ketones is 1. The third kappa shape index (κ3) is 3.35. The van der Waals surface area contributed by atoms with Gasteiger partial charge in [0.15, 0.2) is 0 Å². The van der Waals surface area contributed by atoms with Crippen LogP contribution in [0.1, 0.15) is 36.8 Å². The number of nitro benzene ring substituents is 1. The number of nitro groups is 1. The summed E-state index contributed by atoms with van der Waals surface area (Å²) >= 11 is 0. The summed E-state index contributed by atoms with van der Waals surface area (Å²) < 4.78 is 11.4. The fraction of sp³-hybridized carbons (Fsp3) is 0.0769. The number of ether oxygens (including phenoxy) is 2. The van der Waals surface area contributed by atoms with Crippen LogP contribution in [0.4, 0.5) is 5.69 Å². The van der Waals surface area contributed by atoms with Gasteiger partial charge >= 0.3 is 11.9 Å². The first-order chi connectivity index (χ1) is 17.4. The fourth-order valence-corrected chi connectivity index (χ4v) is 4.36. The second kappa shape index (κ2) is 8.58. The summed E-state index contributed by atoms with van der Waals surface area (Å²) in [6.07, 6.45) is 1.60. The number of esters is 2. The van der Waals surface area contributed by atoms with Crippen molar-refractivity contribution in [2.24, 2.45) is 0 Å². The van der Waals surface area contributed by atoms with Gasteiger partial charge in [-0.05, 0) is 24.3 Å². The Hall–Kier alpha value is -5.12. The van der Waals surface area contributed by atoms with Gasteiger partial charge < -0.3 is 13.9 Å². The molecule has 0 saturated carbocycles. The van der Waals surface area contributed by atoms with Crippen LogP contribution in [0.15, 0.2) is 66.9 Å². The van der Waals surface area contributed by atoms with E-state index in [0.29, 0.717) is 16.4 Å². The van der Waals surface area contributed by atoms with E-state index in [9.17, 15) is 24.5 Å². The van der Waals surface area contributed by atoms with E-state index in [4.69, 9.17) is 9.47 Å². The number of pyridine rings is 2. The highest BCUT2D eigenvalue weighted by atomic mass is 16.6. The highest BCUT2D eigenvalue weighted by Crippen LogP contribution is 2.34. The lowest BCUT2D eigenvalue weighted by molar-refractivity contribution is -0.384. The van der Waals surface area contributed by atoms with E-state index < -0.39 is 22.6 Å². The van der Waals surface area contributed by atoms with E-state index in [1.807, 2.05) is 18.2 Å². The third-order valence-electron chi connectivity index (χ3n) is 5.97. The van der Waals surface area contributed by atoms with Crippen molar-refractivity contribution >= 4 is 50.7 Å². The molecule has 3 aromatic heterocycles. The molecule has 0 atom stereocenters. The van der Waals surface area contributed by atoms with E-state index in [1.165, 1.54) is 35.8 Å². The smallest absolute Gasteiger partial charge is 0.341 e. The summed E-state index contributed by atoms with van der Waals surface area (Å²) in [6.45, 7) is 0. The SMILES string of the molecule is COC(=O)c1c(C(=O)OC)c2ccc3ccc4cccnc4c3n2c1C(=O)c1ccc([N+](=O)[O-])cc1. The number of fused-ring (bicyclic) bond motifs is 5.